The summed E-state index contributed by atoms with van der Waals surface area (Å²) in [5, 5.41) is 2.09. The van der Waals surface area contributed by atoms with Crippen molar-refractivity contribution in [2.24, 2.45) is 0 Å². The van der Waals surface area contributed by atoms with Gasteiger partial charge in [-0.25, -0.2) is 4.57 Å². The molecule has 5 nitrogen and oxygen atoms in total. The van der Waals surface area contributed by atoms with Crippen LogP contribution in [0.3, 0.4) is 0 Å². The predicted molar refractivity (Wildman–Crippen MR) is 146 cm³/mol. The van der Waals surface area contributed by atoms with Crippen LogP contribution in [0.4, 0.5) is 0 Å². The Morgan fingerprint density at radius 3 is 1.77 bits per heavy atom. The zero-order valence-electron chi connectivity index (χ0n) is 21.8. The lowest BCUT2D eigenvalue weighted by molar-refractivity contribution is 0.128. The van der Waals surface area contributed by atoms with Crippen LogP contribution in [0.15, 0.2) is 42.5 Å². The van der Waals surface area contributed by atoms with Crippen LogP contribution < -0.4 is 4.74 Å². The summed E-state index contributed by atoms with van der Waals surface area (Å²) in [5.74, 6) is 0.734. The summed E-state index contributed by atoms with van der Waals surface area (Å²) in [7, 11) is -4.03. The lowest BCUT2D eigenvalue weighted by Crippen LogP contribution is -2.07. The predicted octanol–water partition coefficient (Wildman–Crippen LogP) is 9.22. The van der Waals surface area contributed by atoms with E-state index in [-0.39, 0.29) is 19.8 Å². The summed E-state index contributed by atoms with van der Waals surface area (Å²) in [4.78, 5) is 9.85. The van der Waals surface area contributed by atoms with Gasteiger partial charge in [0.2, 0.25) is 0 Å². The van der Waals surface area contributed by atoms with Crippen molar-refractivity contribution in [3.63, 3.8) is 0 Å². The van der Waals surface area contributed by atoms with Gasteiger partial charge in [0.05, 0.1) is 13.2 Å². The minimum atomic E-state index is -4.03. The van der Waals surface area contributed by atoms with Crippen molar-refractivity contribution in [3.05, 3.63) is 42.5 Å². The molecule has 1 unspecified atom stereocenters. The van der Waals surface area contributed by atoms with Crippen LogP contribution in [0.2, 0.25) is 0 Å². The van der Waals surface area contributed by atoms with Gasteiger partial charge in [-0.05, 0) is 17.9 Å². The summed E-state index contributed by atoms with van der Waals surface area (Å²) in [6.45, 7) is 2.69. The number of hydrogen-bond acceptors (Lipinski definition) is 4. The van der Waals surface area contributed by atoms with Crippen LogP contribution in [-0.2, 0) is 13.6 Å². The summed E-state index contributed by atoms with van der Waals surface area (Å²) in [6.07, 6.45) is 19.3. The fraction of sp³-hybridized carbons (Fsp3) is 0.655. The van der Waals surface area contributed by atoms with Crippen molar-refractivity contribution in [1.82, 2.24) is 0 Å². The molecule has 0 aliphatic rings. The number of phosphoric ester groups is 1. The summed E-state index contributed by atoms with van der Waals surface area (Å²) >= 11 is 0. The molecule has 6 heteroatoms. The van der Waals surface area contributed by atoms with Crippen LogP contribution in [0, 0.1) is 0 Å². The number of fused-ring (bicyclic) bond motifs is 1. The molecule has 0 saturated carbocycles. The second-order valence-corrected chi connectivity index (χ2v) is 10.9. The zero-order chi connectivity index (χ0) is 25.0. The second kappa shape index (κ2) is 18.8. The van der Waals surface area contributed by atoms with Crippen molar-refractivity contribution in [1.29, 1.82) is 0 Å². The number of ether oxygens (including phenoxy) is 1. The molecule has 1 atom stereocenters. The van der Waals surface area contributed by atoms with Gasteiger partial charge in [0, 0.05) is 5.39 Å². The van der Waals surface area contributed by atoms with Gasteiger partial charge in [0.15, 0.2) is 0 Å². The molecule has 0 radical (unpaired) electrons. The molecule has 0 heterocycles. The molecule has 2 aromatic carbocycles. The van der Waals surface area contributed by atoms with E-state index in [0.717, 1.165) is 35.8 Å². The van der Waals surface area contributed by atoms with Crippen molar-refractivity contribution >= 4 is 18.6 Å². The highest BCUT2D eigenvalue weighted by Gasteiger charge is 2.20. The molecule has 0 aliphatic heterocycles. The Morgan fingerprint density at radius 1 is 0.629 bits per heavy atom. The van der Waals surface area contributed by atoms with Gasteiger partial charge in [-0.2, -0.15) is 0 Å². The monoisotopic (exact) mass is 506 g/mol. The van der Waals surface area contributed by atoms with Crippen LogP contribution in [0.1, 0.15) is 103 Å². The highest BCUT2D eigenvalue weighted by molar-refractivity contribution is 7.47. The second-order valence-electron chi connectivity index (χ2n) is 9.41. The molecule has 2 rings (SSSR count). The lowest BCUT2D eigenvalue weighted by atomic mass is 10.0. The van der Waals surface area contributed by atoms with E-state index >= 15 is 0 Å². The molecule has 35 heavy (non-hydrogen) atoms. The molecule has 0 fully saturated rings. The van der Waals surface area contributed by atoms with Gasteiger partial charge in [-0.3, -0.25) is 9.05 Å². The van der Waals surface area contributed by atoms with Crippen molar-refractivity contribution < 1.29 is 23.2 Å². The number of hydrogen-bond donors (Lipinski definition) is 1. The topological polar surface area (TPSA) is 65.0 Å². The van der Waals surface area contributed by atoms with Crippen LogP contribution in [0.25, 0.3) is 10.8 Å². The minimum Gasteiger partial charge on any atom is -0.491 e. The van der Waals surface area contributed by atoms with Gasteiger partial charge < -0.3 is 9.63 Å². The molecule has 0 spiro atoms. The third-order valence-corrected chi connectivity index (χ3v) is 7.37. The number of unbranched alkanes of at least 4 members (excludes halogenated alkanes) is 14. The molecule has 2 aromatic rings. The summed E-state index contributed by atoms with van der Waals surface area (Å²) in [6, 6.07) is 13.8. The first kappa shape index (κ1) is 29.8. The van der Waals surface area contributed by atoms with E-state index in [4.69, 9.17) is 13.8 Å². The van der Waals surface area contributed by atoms with E-state index < -0.39 is 7.82 Å². The lowest BCUT2D eigenvalue weighted by Gasteiger charge is -2.13. The molecule has 0 saturated heterocycles. The Morgan fingerprint density at radius 2 is 1.14 bits per heavy atom. The van der Waals surface area contributed by atoms with E-state index in [1.807, 2.05) is 42.5 Å². The Kier molecular flexibility index (Phi) is 16.0. The highest BCUT2D eigenvalue weighted by Crippen LogP contribution is 2.43. The molecule has 1 N–H and O–H groups in total. The molecular weight excluding hydrogens is 459 g/mol. The SMILES string of the molecule is CCCCCCCCCCCCCCCCCOP(=O)(O)OCCOc1cccc2ccccc12. The van der Waals surface area contributed by atoms with E-state index in [2.05, 4.69) is 6.92 Å². The Hall–Kier alpha value is -1.39. The first-order valence-electron chi connectivity index (χ1n) is 13.8. The largest absolute Gasteiger partial charge is 0.491 e. The van der Waals surface area contributed by atoms with Gasteiger partial charge in [-0.1, -0.05) is 133 Å². The number of rotatable bonds is 22. The first-order valence-corrected chi connectivity index (χ1v) is 15.3. The highest BCUT2D eigenvalue weighted by atomic mass is 31.2. The Bertz CT molecular complexity index is 835. The zero-order valence-corrected chi connectivity index (χ0v) is 22.7. The van der Waals surface area contributed by atoms with Gasteiger partial charge in [0.25, 0.3) is 0 Å². The Labute approximate surface area is 213 Å². The number of phosphoric acid groups is 1. The van der Waals surface area contributed by atoms with Crippen LogP contribution in [0.5, 0.6) is 5.75 Å². The number of benzene rings is 2. The van der Waals surface area contributed by atoms with E-state index in [9.17, 15) is 9.46 Å². The van der Waals surface area contributed by atoms with Crippen LogP contribution >= 0.6 is 7.82 Å². The van der Waals surface area contributed by atoms with E-state index in [1.54, 1.807) is 0 Å². The van der Waals surface area contributed by atoms with Crippen molar-refractivity contribution in [2.45, 2.75) is 103 Å². The molecular formula is C29H47O5P. The minimum absolute atomic E-state index is 0.00411. The van der Waals surface area contributed by atoms with Crippen molar-refractivity contribution in [2.75, 3.05) is 19.8 Å². The third-order valence-electron chi connectivity index (χ3n) is 6.35. The first-order chi connectivity index (χ1) is 17.1. The fourth-order valence-corrected chi connectivity index (χ4v) is 5.06. The molecule has 0 bridgehead atoms. The maximum absolute atomic E-state index is 12.0. The third kappa shape index (κ3) is 14.1. The molecule has 0 aliphatic carbocycles. The summed E-state index contributed by atoms with van der Waals surface area (Å²) < 4.78 is 27.9. The summed E-state index contributed by atoms with van der Waals surface area (Å²) in [5.41, 5.74) is 0. The van der Waals surface area contributed by atoms with Crippen LogP contribution in [-0.4, -0.2) is 24.7 Å². The van der Waals surface area contributed by atoms with Gasteiger partial charge in [-0.15, -0.1) is 0 Å². The maximum atomic E-state index is 12.0. The quantitative estimate of drug-likeness (QED) is 0.127. The Balaban J connectivity index is 1.39. The van der Waals surface area contributed by atoms with Gasteiger partial charge >= 0.3 is 7.82 Å². The molecule has 0 aromatic heterocycles. The van der Waals surface area contributed by atoms with E-state index in [1.165, 1.54) is 77.0 Å². The maximum Gasteiger partial charge on any atom is 0.472 e. The molecule has 0 amide bonds. The van der Waals surface area contributed by atoms with Gasteiger partial charge in [0.1, 0.15) is 12.4 Å². The standard InChI is InChI=1S/C29H47O5P/c1-2-3-4-5-6-7-8-9-10-11-12-13-14-15-18-24-33-35(30,31)34-26-25-32-29-23-19-21-27-20-16-17-22-28(27)29/h16-17,19-23H,2-15,18,24-26H2,1H3,(H,30,31). The smallest absolute Gasteiger partial charge is 0.472 e. The average Bonchev–Trinajstić information content (AvgIpc) is 2.86. The normalized spacial score (nSPS) is 13.2. The molecule has 198 valence electrons. The van der Waals surface area contributed by atoms with E-state index in [0.29, 0.717) is 0 Å². The van der Waals surface area contributed by atoms with Crippen molar-refractivity contribution in [3.8, 4) is 5.75 Å². The average molecular weight is 507 g/mol. The fourth-order valence-electron chi connectivity index (χ4n) is 4.32.